The zero-order chi connectivity index (χ0) is 11.4. The van der Waals surface area contributed by atoms with Crippen molar-refractivity contribution in [2.75, 3.05) is 19.6 Å². The molecule has 0 aromatic heterocycles. The first kappa shape index (κ1) is 12.4. The highest BCUT2D eigenvalue weighted by molar-refractivity contribution is 4.78. The van der Waals surface area contributed by atoms with Gasteiger partial charge in [0.2, 0.25) is 0 Å². The summed E-state index contributed by atoms with van der Waals surface area (Å²) in [4.78, 5) is 2.77. The van der Waals surface area contributed by atoms with Crippen molar-refractivity contribution >= 4 is 0 Å². The molecule has 0 spiro atoms. The lowest BCUT2D eigenvalue weighted by molar-refractivity contribution is 0.140. The van der Waals surface area contributed by atoms with Crippen LogP contribution in [0.1, 0.15) is 58.8 Å². The predicted octanol–water partition coefficient (Wildman–Crippen LogP) is 3.93. The maximum absolute atomic E-state index is 2.77. The molecule has 0 bridgehead atoms. The van der Waals surface area contributed by atoms with Crippen LogP contribution in [0.3, 0.4) is 0 Å². The van der Waals surface area contributed by atoms with Crippen molar-refractivity contribution in [1.29, 1.82) is 0 Å². The summed E-state index contributed by atoms with van der Waals surface area (Å²) in [5, 5.41) is 0. The first-order valence-corrected chi connectivity index (χ1v) is 7.46. The first-order chi connectivity index (χ1) is 7.74. The number of hydrogen-bond acceptors (Lipinski definition) is 1. The minimum absolute atomic E-state index is 0.886. The van der Waals surface area contributed by atoms with Crippen LogP contribution < -0.4 is 0 Å². The first-order valence-electron chi connectivity index (χ1n) is 7.46. The van der Waals surface area contributed by atoms with Crippen LogP contribution in [0.4, 0.5) is 0 Å². The lowest BCUT2D eigenvalue weighted by Gasteiger charge is -2.35. The normalized spacial score (nSPS) is 29.1. The highest BCUT2D eigenvalue weighted by atomic mass is 15.1. The molecule has 2 rings (SSSR count). The Kier molecular flexibility index (Phi) is 4.69. The fraction of sp³-hybridized carbons (Fsp3) is 1.00. The fourth-order valence-corrected chi connectivity index (χ4v) is 3.73. The van der Waals surface area contributed by atoms with Crippen molar-refractivity contribution in [2.45, 2.75) is 58.8 Å². The zero-order valence-electron chi connectivity index (χ0n) is 11.3. The summed E-state index contributed by atoms with van der Waals surface area (Å²) in [7, 11) is 0. The number of piperidine rings is 1. The van der Waals surface area contributed by atoms with Crippen molar-refractivity contribution in [3.8, 4) is 0 Å². The number of hydrogen-bond donors (Lipinski definition) is 0. The van der Waals surface area contributed by atoms with Crippen LogP contribution in [0.15, 0.2) is 0 Å². The van der Waals surface area contributed by atoms with Gasteiger partial charge in [0.25, 0.3) is 0 Å². The molecule has 1 saturated heterocycles. The summed E-state index contributed by atoms with van der Waals surface area (Å²) in [6, 6.07) is 0. The van der Waals surface area contributed by atoms with Gasteiger partial charge in [-0.05, 0) is 56.4 Å². The molecule has 0 N–H and O–H groups in total. The smallest absolute Gasteiger partial charge is 0.000988 e. The summed E-state index contributed by atoms with van der Waals surface area (Å²) in [5.74, 6) is 2.92. The standard InChI is InChI=1S/C15H29N/c1-13(2)10-15-8-5-9-16(12-15)11-14-6-3-4-7-14/h13-15H,3-12H2,1-2H3. The van der Waals surface area contributed by atoms with E-state index in [0.29, 0.717) is 0 Å². The van der Waals surface area contributed by atoms with E-state index in [1.54, 1.807) is 0 Å². The van der Waals surface area contributed by atoms with Gasteiger partial charge < -0.3 is 4.90 Å². The molecule has 0 radical (unpaired) electrons. The van der Waals surface area contributed by atoms with E-state index in [4.69, 9.17) is 0 Å². The molecule has 1 nitrogen and oxygen atoms in total. The van der Waals surface area contributed by atoms with Crippen molar-refractivity contribution in [2.24, 2.45) is 17.8 Å². The molecule has 0 amide bonds. The Morgan fingerprint density at radius 1 is 1.00 bits per heavy atom. The highest BCUT2D eigenvalue weighted by Gasteiger charge is 2.24. The van der Waals surface area contributed by atoms with Gasteiger partial charge in [0, 0.05) is 13.1 Å². The van der Waals surface area contributed by atoms with Crippen LogP contribution in [0.2, 0.25) is 0 Å². The molecule has 16 heavy (non-hydrogen) atoms. The number of likely N-dealkylation sites (tertiary alicyclic amines) is 1. The Bertz CT molecular complexity index is 194. The third-order valence-corrected chi connectivity index (χ3v) is 4.40. The minimum Gasteiger partial charge on any atom is -0.303 e. The van der Waals surface area contributed by atoms with Gasteiger partial charge in [0.15, 0.2) is 0 Å². The molecule has 1 atom stereocenters. The largest absolute Gasteiger partial charge is 0.303 e. The Labute approximate surface area is 102 Å². The van der Waals surface area contributed by atoms with Gasteiger partial charge in [0.1, 0.15) is 0 Å². The molecule has 1 unspecified atom stereocenters. The van der Waals surface area contributed by atoms with Gasteiger partial charge >= 0.3 is 0 Å². The van der Waals surface area contributed by atoms with Gasteiger partial charge in [0.05, 0.1) is 0 Å². The molecule has 1 aliphatic heterocycles. The molecular weight excluding hydrogens is 194 g/mol. The third kappa shape index (κ3) is 3.76. The van der Waals surface area contributed by atoms with E-state index in [1.807, 2.05) is 0 Å². The third-order valence-electron chi connectivity index (χ3n) is 4.40. The van der Waals surface area contributed by atoms with Crippen molar-refractivity contribution in [1.82, 2.24) is 4.90 Å². The lowest BCUT2D eigenvalue weighted by atomic mass is 9.89. The molecule has 0 aromatic carbocycles. The molecule has 2 aliphatic rings. The number of rotatable bonds is 4. The van der Waals surface area contributed by atoms with E-state index in [1.165, 1.54) is 64.6 Å². The highest BCUT2D eigenvalue weighted by Crippen LogP contribution is 2.28. The Morgan fingerprint density at radius 2 is 1.69 bits per heavy atom. The second-order valence-corrected chi connectivity index (χ2v) is 6.55. The summed E-state index contributed by atoms with van der Waals surface area (Å²) in [5.41, 5.74) is 0. The molecule has 1 saturated carbocycles. The van der Waals surface area contributed by atoms with Crippen LogP contribution in [-0.4, -0.2) is 24.5 Å². The van der Waals surface area contributed by atoms with E-state index >= 15 is 0 Å². The van der Waals surface area contributed by atoms with E-state index in [0.717, 1.165) is 17.8 Å². The van der Waals surface area contributed by atoms with Gasteiger partial charge in [-0.1, -0.05) is 26.7 Å². The Balaban J connectivity index is 1.72. The second kappa shape index (κ2) is 6.05. The van der Waals surface area contributed by atoms with Crippen LogP contribution in [-0.2, 0) is 0 Å². The molecule has 0 aromatic rings. The molecule has 2 fully saturated rings. The average Bonchev–Trinajstić information content (AvgIpc) is 2.70. The van der Waals surface area contributed by atoms with Crippen molar-refractivity contribution in [3.05, 3.63) is 0 Å². The van der Waals surface area contributed by atoms with Gasteiger partial charge in [-0.2, -0.15) is 0 Å². The fourth-order valence-electron chi connectivity index (χ4n) is 3.73. The maximum atomic E-state index is 2.77. The van der Waals surface area contributed by atoms with Crippen LogP contribution in [0.5, 0.6) is 0 Å². The van der Waals surface area contributed by atoms with Gasteiger partial charge in [-0.15, -0.1) is 0 Å². The van der Waals surface area contributed by atoms with E-state index in [9.17, 15) is 0 Å². The monoisotopic (exact) mass is 223 g/mol. The molecular formula is C15H29N. The topological polar surface area (TPSA) is 3.24 Å². The van der Waals surface area contributed by atoms with Gasteiger partial charge in [-0.25, -0.2) is 0 Å². The summed E-state index contributed by atoms with van der Waals surface area (Å²) in [6.45, 7) is 8.93. The zero-order valence-corrected chi connectivity index (χ0v) is 11.3. The lowest BCUT2D eigenvalue weighted by Crippen LogP contribution is -2.38. The SMILES string of the molecule is CC(C)CC1CCCN(CC2CCCC2)C1. The van der Waals surface area contributed by atoms with E-state index in [-0.39, 0.29) is 0 Å². The van der Waals surface area contributed by atoms with E-state index in [2.05, 4.69) is 18.7 Å². The molecule has 1 heteroatoms. The summed E-state index contributed by atoms with van der Waals surface area (Å²) >= 11 is 0. The second-order valence-electron chi connectivity index (χ2n) is 6.55. The van der Waals surface area contributed by atoms with Crippen LogP contribution >= 0.6 is 0 Å². The predicted molar refractivity (Wildman–Crippen MR) is 70.6 cm³/mol. The molecule has 1 heterocycles. The molecule has 1 aliphatic carbocycles. The van der Waals surface area contributed by atoms with Crippen LogP contribution in [0.25, 0.3) is 0 Å². The van der Waals surface area contributed by atoms with Crippen LogP contribution in [0, 0.1) is 17.8 Å². The van der Waals surface area contributed by atoms with Crippen molar-refractivity contribution < 1.29 is 0 Å². The summed E-state index contributed by atoms with van der Waals surface area (Å²) in [6.07, 6.45) is 10.4. The minimum atomic E-state index is 0.886. The average molecular weight is 223 g/mol. The Hall–Kier alpha value is -0.0400. The molecule has 94 valence electrons. The van der Waals surface area contributed by atoms with E-state index < -0.39 is 0 Å². The number of nitrogens with zero attached hydrogens (tertiary/aromatic N) is 1. The maximum Gasteiger partial charge on any atom is 0.000988 e. The summed E-state index contributed by atoms with van der Waals surface area (Å²) < 4.78 is 0. The van der Waals surface area contributed by atoms with Crippen molar-refractivity contribution in [3.63, 3.8) is 0 Å². The van der Waals surface area contributed by atoms with Gasteiger partial charge in [-0.3, -0.25) is 0 Å². The quantitative estimate of drug-likeness (QED) is 0.698. The Morgan fingerprint density at radius 3 is 2.38 bits per heavy atom.